The van der Waals surface area contributed by atoms with Crippen LogP contribution in [-0.2, 0) is 6.42 Å². The van der Waals surface area contributed by atoms with E-state index >= 15 is 0 Å². The average Bonchev–Trinajstić information content (AvgIpc) is 2.95. The van der Waals surface area contributed by atoms with Gasteiger partial charge in [-0.15, -0.1) is 16.4 Å². The summed E-state index contributed by atoms with van der Waals surface area (Å²) in [6, 6.07) is 4.00. The summed E-state index contributed by atoms with van der Waals surface area (Å²) < 4.78 is 1.80. The first-order chi connectivity index (χ1) is 9.20. The Hall–Kier alpha value is -1.95. The van der Waals surface area contributed by atoms with E-state index in [0.29, 0.717) is 5.95 Å². The molecule has 5 nitrogen and oxygen atoms in total. The fourth-order valence-electron chi connectivity index (χ4n) is 1.89. The minimum Gasteiger partial charge on any atom is -0.353 e. The van der Waals surface area contributed by atoms with Crippen LogP contribution in [0, 0.1) is 13.8 Å². The first kappa shape index (κ1) is 12.1. The fraction of sp³-hybridized carbons (Fsp3) is 0.308. The molecule has 0 atom stereocenters. The molecule has 3 rings (SSSR count). The summed E-state index contributed by atoms with van der Waals surface area (Å²) in [7, 11) is 0. The van der Waals surface area contributed by atoms with Crippen molar-refractivity contribution in [2.24, 2.45) is 0 Å². The van der Waals surface area contributed by atoms with E-state index in [0.717, 1.165) is 29.3 Å². The van der Waals surface area contributed by atoms with Crippen LogP contribution in [0.25, 0.3) is 5.65 Å². The Morgan fingerprint density at radius 2 is 2.16 bits per heavy atom. The van der Waals surface area contributed by atoms with Gasteiger partial charge < -0.3 is 5.32 Å². The highest BCUT2D eigenvalue weighted by Gasteiger charge is 2.03. The normalized spacial score (nSPS) is 11.1. The van der Waals surface area contributed by atoms with E-state index in [-0.39, 0.29) is 0 Å². The van der Waals surface area contributed by atoms with Crippen LogP contribution in [0.15, 0.2) is 23.7 Å². The zero-order chi connectivity index (χ0) is 13.2. The van der Waals surface area contributed by atoms with Gasteiger partial charge in [-0.2, -0.15) is 4.98 Å². The van der Waals surface area contributed by atoms with Crippen molar-refractivity contribution in [1.29, 1.82) is 0 Å². The summed E-state index contributed by atoms with van der Waals surface area (Å²) in [6.07, 6.45) is 2.86. The van der Waals surface area contributed by atoms with Crippen molar-refractivity contribution in [1.82, 2.24) is 19.6 Å². The standard InChI is InChI=1S/C13H15N5S/c1-9-3-4-12-16-13(17-18(12)7-9)14-6-5-11-8-19-10(2)15-11/h3-4,7-8H,5-6H2,1-2H3,(H,14,17). The predicted octanol–water partition coefficient (Wildman–Crippen LogP) is 2.46. The van der Waals surface area contributed by atoms with Crippen molar-refractivity contribution in [3.63, 3.8) is 0 Å². The number of anilines is 1. The van der Waals surface area contributed by atoms with Gasteiger partial charge in [-0.25, -0.2) is 9.50 Å². The van der Waals surface area contributed by atoms with Crippen LogP contribution in [0.1, 0.15) is 16.3 Å². The predicted molar refractivity (Wildman–Crippen MR) is 76.8 cm³/mol. The number of nitrogens with zero attached hydrogens (tertiary/aromatic N) is 4. The number of aryl methyl sites for hydroxylation is 2. The monoisotopic (exact) mass is 273 g/mol. The van der Waals surface area contributed by atoms with Crippen molar-refractivity contribution < 1.29 is 0 Å². The van der Waals surface area contributed by atoms with Crippen LogP contribution in [0.4, 0.5) is 5.95 Å². The van der Waals surface area contributed by atoms with Gasteiger partial charge in [0.25, 0.3) is 0 Å². The molecule has 0 unspecified atom stereocenters. The molecule has 98 valence electrons. The molecule has 6 heteroatoms. The summed E-state index contributed by atoms with van der Waals surface area (Å²) in [5, 5.41) is 10.8. The molecule has 0 aromatic carbocycles. The Morgan fingerprint density at radius 1 is 1.26 bits per heavy atom. The summed E-state index contributed by atoms with van der Waals surface area (Å²) in [6.45, 7) is 4.85. The smallest absolute Gasteiger partial charge is 0.243 e. The molecule has 0 amide bonds. The molecule has 0 spiro atoms. The van der Waals surface area contributed by atoms with Crippen molar-refractivity contribution in [2.45, 2.75) is 20.3 Å². The molecule has 0 radical (unpaired) electrons. The molecule has 3 aromatic heterocycles. The molecule has 0 saturated heterocycles. The van der Waals surface area contributed by atoms with Gasteiger partial charge in [0.1, 0.15) is 0 Å². The van der Waals surface area contributed by atoms with E-state index in [1.54, 1.807) is 15.9 Å². The molecule has 3 heterocycles. The van der Waals surface area contributed by atoms with Gasteiger partial charge in [0.2, 0.25) is 5.95 Å². The summed E-state index contributed by atoms with van der Waals surface area (Å²) in [5.74, 6) is 0.664. The summed E-state index contributed by atoms with van der Waals surface area (Å²) in [4.78, 5) is 8.84. The molecule has 0 aliphatic heterocycles. The lowest BCUT2D eigenvalue weighted by atomic mass is 10.3. The van der Waals surface area contributed by atoms with Crippen molar-refractivity contribution in [3.05, 3.63) is 40.0 Å². The van der Waals surface area contributed by atoms with Gasteiger partial charge in [-0.05, 0) is 25.5 Å². The third-order valence-electron chi connectivity index (χ3n) is 2.81. The molecule has 0 fully saturated rings. The van der Waals surface area contributed by atoms with E-state index < -0.39 is 0 Å². The zero-order valence-electron chi connectivity index (χ0n) is 10.9. The maximum absolute atomic E-state index is 4.43. The summed E-state index contributed by atoms with van der Waals surface area (Å²) >= 11 is 1.68. The van der Waals surface area contributed by atoms with Crippen LogP contribution in [0.3, 0.4) is 0 Å². The highest BCUT2D eigenvalue weighted by molar-refractivity contribution is 7.09. The number of hydrogen-bond acceptors (Lipinski definition) is 5. The lowest BCUT2D eigenvalue weighted by molar-refractivity contribution is 0.920. The second-order valence-electron chi connectivity index (χ2n) is 4.48. The van der Waals surface area contributed by atoms with E-state index in [2.05, 4.69) is 25.8 Å². The van der Waals surface area contributed by atoms with E-state index in [9.17, 15) is 0 Å². The van der Waals surface area contributed by atoms with Gasteiger partial charge >= 0.3 is 0 Å². The van der Waals surface area contributed by atoms with Gasteiger partial charge in [0, 0.05) is 24.5 Å². The Balaban J connectivity index is 1.65. The van der Waals surface area contributed by atoms with Crippen molar-refractivity contribution in [3.8, 4) is 0 Å². The molecular weight excluding hydrogens is 258 g/mol. The number of fused-ring (bicyclic) bond motifs is 1. The van der Waals surface area contributed by atoms with E-state index in [1.165, 1.54) is 5.56 Å². The SMILES string of the molecule is Cc1ccc2nc(NCCc3csc(C)n3)nn2c1. The molecule has 0 saturated carbocycles. The lowest BCUT2D eigenvalue weighted by Gasteiger charge is -1.98. The third-order valence-corrected chi connectivity index (χ3v) is 3.63. The van der Waals surface area contributed by atoms with Crippen LogP contribution in [-0.4, -0.2) is 26.1 Å². The Morgan fingerprint density at radius 3 is 2.95 bits per heavy atom. The third kappa shape index (κ3) is 2.73. The topological polar surface area (TPSA) is 55.1 Å². The number of rotatable bonds is 4. The highest BCUT2D eigenvalue weighted by Crippen LogP contribution is 2.10. The van der Waals surface area contributed by atoms with Crippen LogP contribution >= 0.6 is 11.3 Å². The van der Waals surface area contributed by atoms with Crippen molar-refractivity contribution in [2.75, 3.05) is 11.9 Å². The number of hydrogen-bond donors (Lipinski definition) is 1. The molecule has 0 aliphatic rings. The molecule has 3 aromatic rings. The number of pyridine rings is 1. The Labute approximate surface area is 115 Å². The second-order valence-corrected chi connectivity index (χ2v) is 5.54. The Kier molecular flexibility index (Phi) is 3.16. The second kappa shape index (κ2) is 4.97. The number of aromatic nitrogens is 4. The molecule has 1 N–H and O–H groups in total. The lowest BCUT2D eigenvalue weighted by Crippen LogP contribution is -2.06. The first-order valence-electron chi connectivity index (χ1n) is 6.18. The van der Waals surface area contributed by atoms with E-state index in [1.807, 2.05) is 32.2 Å². The molecule has 0 aliphatic carbocycles. The molecule has 19 heavy (non-hydrogen) atoms. The number of thiazole rings is 1. The van der Waals surface area contributed by atoms with Gasteiger partial charge in [0.05, 0.1) is 10.7 Å². The van der Waals surface area contributed by atoms with Crippen LogP contribution < -0.4 is 5.32 Å². The molecule has 0 bridgehead atoms. The van der Waals surface area contributed by atoms with Gasteiger partial charge in [-0.1, -0.05) is 6.07 Å². The zero-order valence-corrected chi connectivity index (χ0v) is 11.7. The highest BCUT2D eigenvalue weighted by atomic mass is 32.1. The maximum Gasteiger partial charge on any atom is 0.243 e. The quantitative estimate of drug-likeness (QED) is 0.793. The molecular formula is C13H15N5S. The van der Waals surface area contributed by atoms with E-state index in [4.69, 9.17) is 0 Å². The van der Waals surface area contributed by atoms with Crippen LogP contribution in [0.5, 0.6) is 0 Å². The maximum atomic E-state index is 4.43. The minimum atomic E-state index is 0.664. The Bertz CT molecular complexity index is 700. The number of nitrogens with one attached hydrogen (secondary N) is 1. The first-order valence-corrected chi connectivity index (χ1v) is 7.06. The largest absolute Gasteiger partial charge is 0.353 e. The van der Waals surface area contributed by atoms with Gasteiger partial charge in [0.15, 0.2) is 5.65 Å². The van der Waals surface area contributed by atoms with Crippen LogP contribution in [0.2, 0.25) is 0 Å². The van der Waals surface area contributed by atoms with Gasteiger partial charge in [-0.3, -0.25) is 0 Å². The summed E-state index contributed by atoms with van der Waals surface area (Å²) in [5.41, 5.74) is 3.15. The fourth-order valence-corrected chi connectivity index (χ4v) is 2.53. The van der Waals surface area contributed by atoms with Crippen molar-refractivity contribution >= 4 is 22.9 Å². The average molecular weight is 273 g/mol. The minimum absolute atomic E-state index is 0.664.